The summed E-state index contributed by atoms with van der Waals surface area (Å²) in [6, 6.07) is 27.5. The molecule has 0 fully saturated rings. The fourth-order valence-electron chi connectivity index (χ4n) is 4.87. The predicted molar refractivity (Wildman–Crippen MR) is 142 cm³/mol. The van der Waals surface area contributed by atoms with Gasteiger partial charge in [0.2, 0.25) is 0 Å². The Labute approximate surface area is 216 Å². The molecule has 37 heavy (non-hydrogen) atoms. The van der Waals surface area contributed by atoms with Gasteiger partial charge in [0.05, 0.1) is 21.2 Å². The number of nitrogens with zero attached hydrogens (tertiary/aromatic N) is 2. The van der Waals surface area contributed by atoms with Gasteiger partial charge in [-0.25, -0.2) is 16.8 Å². The van der Waals surface area contributed by atoms with Crippen molar-refractivity contribution in [2.24, 2.45) is 0 Å². The Kier molecular flexibility index (Phi) is 5.69. The summed E-state index contributed by atoms with van der Waals surface area (Å²) >= 11 is 0. The Bertz CT molecular complexity index is 1560. The lowest BCUT2D eigenvalue weighted by atomic mass is 10.2. The van der Waals surface area contributed by atoms with Gasteiger partial charge in [-0.1, -0.05) is 36.4 Å². The number of anilines is 2. The van der Waals surface area contributed by atoms with Crippen LogP contribution >= 0.6 is 0 Å². The number of rotatable bonds is 6. The zero-order chi connectivity index (χ0) is 25.6. The first-order chi connectivity index (χ1) is 17.8. The summed E-state index contributed by atoms with van der Waals surface area (Å²) in [5.74, 6) is 0.898. The Hall–Kier alpha value is -3.82. The number of sulfonamides is 2. The van der Waals surface area contributed by atoms with Gasteiger partial charge in [-0.05, 0) is 84.6 Å². The Morgan fingerprint density at radius 3 is 1.30 bits per heavy atom. The summed E-state index contributed by atoms with van der Waals surface area (Å²) in [7, 11) is -7.37. The van der Waals surface area contributed by atoms with Gasteiger partial charge in [0.1, 0.15) is 11.5 Å². The zero-order valence-corrected chi connectivity index (χ0v) is 21.5. The van der Waals surface area contributed by atoms with E-state index in [0.717, 1.165) is 22.5 Å². The maximum atomic E-state index is 13.2. The third kappa shape index (κ3) is 4.14. The molecule has 2 aliphatic heterocycles. The van der Waals surface area contributed by atoms with Crippen LogP contribution in [-0.2, 0) is 32.9 Å². The number of para-hydroxylation sites is 2. The minimum Gasteiger partial charge on any atom is -0.457 e. The Morgan fingerprint density at radius 2 is 0.892 bits per heavy atom. The molecule has 0 saturated heterocycles. The van der Waals surface area contributed by atoms with Crippen LogP contribution in [0.15, 0.2) is 107 Å². The highest BCUT2D eigenvalue weighted by molar-refractivity contribution is 7.93. The first-order valence-corrected chi connectivity index (χ1v) is 14.8. The van der Waals surface area contributed by atoms with Crippen LogP contribution in [0, 0.1) is 0 Å². The molecular formula is C28H24N2O5S2. The van der Waals surface area contributed by atoms with Crippen LogP contribution < -0.4 is 13.3 Å². The number of ether oxygens (including phenoxy) is 1. The van der Waals surface area contributed by atoms with Crippen molar-refractivity contribution >= 4 is 31.4 Å². The zero-order valence-electron chi connectivity index (χ0n) is 19.8. The largest absolute Gasteiger partial charge is 0.457 e. The average molecular weight is 533 g/mol. The second-order valence-electron chi connectivity index (χ2n) is 8.96. The molecule has 0 unspecified atom stereocenters. The van der Waals surface area contributed by atoms with Crippen molar-refractivity contribution < 1.29 is 21.6 Å². The molecule has 0 spiro atoms. The minimum atomic E-state index is -3.69. The molecule has 188 valence electrons. The van der Waals surface area contributed by atoms with Gasteiger partial charge >= 0.3 is 0 Å². The molecule has 4 aromatic carbocycles. The van der Waals surface area contributed by atoms with E-state index in [-0.39, 0.29) is 9.79 Å². The van der Waals surface area contributed by atoms with Crippen LogP contribution in [-0.4, -0.2) is 29.9 Å². The van der Waals surface area contributed by atoms with E-state index in [1.54, 1.807) is 24.3 Å². The van der Waals surface area contributed by atoms with Crippen LogP contribution in [0.1, 0.15) is 11.1 Å². The molecule has 2 aliphatic rings. The maximum absolute atomic E-state index is 13.2. The monoisotopic (exact) mass is 532 g/mol. The molecule has 7 nitrogen and oxygen atoms in total. The van der Waals surface area contributed by atoms with Gasteiger partial charge in [0.25, 0.3) is 20.0 Å². The van der Waals surface area contributed by atoms with Crippen molar-refractivity contribution in [2.75, 3.05) is 21.7 Å². The molecule has 0 saturated carbocycles. The van der Waals surface area contributed by atoms with E-state index in [2.05, 4.69) is 0 Å². The first kappa shape index (κ1) is 23.6. The average Bonchev–Trinajstić information content (AvgIpc) is 3.55. The molecule has 0 N–H and O–H groups in total. The van der Waals surface area contributed by atoms with Crippen molar-refractivity contribution in [3.8, 4) is 11.5 Å². The van der Waals surface area contributed by atoms with Crippen LogP contribution in [0.5, 0.6) is 11.5 Å². The van der Waals surface area contributed by atoms with Gasteiger partial charge in [-0.15, -0.1) is 0 Å². The maximum Gasteiger partial charge on any atom is 0.264 e. The topological polar surface area (TPSA) is 84.0 Å². The third-order valence-electron chi connectivity index (χ3n) is 6.75. The van der Waals surface area contributed by atoms with Gasteiger partial charge < -0.3 is 4.74 Å². The molecule has 0 aliphatic carbocycles. The number of benzene rings is 4. The predicted octanol–water partition coefficient (Wildman–Crippen LogP) is 4.98. The van der Waals surface area contributed by atoms with E-state index >= 15 is 0 Å². The van der Waals surface area contributed by atoms with Crippen molar-refractivity contribution in [2.45, 2.75) is 22.6 Å². The Morgan fingerprint density at radius 1 is 0.514 bits per heavy atom. The highest BCUT2D eigenvalue weighted by atomic mass is 32.2. The number of hydrogen-bond acceptors (Lipinski definition) is 5. The summed E-state index contributed by atoms with van der Waals surface area (Å²) in [5, 5.41) is 0. The molecule has 0 atom stereocenters. The summed E-state index contributed by atoms with van der Waals surface area (Å²) in [4.78, 5) is 0.368. The molecule has 0 radical (unpaired) electrons. The van der Waals surface area contributed by atoms with E-state index in [9.17, 15) is 16.8 Å². The van der Waals surface area contributed by atoms with Gasteiger partial charge in [-0.3, -0.25) is 8.61 Å². The summed E-state index contributed by atoms with van der Waals surface area (Å²) in [6.07, 6.45) is 1.37. The molecule has 4 aromatic rings. The summed E-state index contributed by atoms with van der Waals surface area (Å²) in [5.41, 5.74) is 3.47. The van der Waals surface area contributed by atoms with Crippen molar-refractivity contribution in [1.82, 2.24) is 0 Å². The van der Waals surface area contributed by atoms with E-state index in [1.165, 1.54) is 32.9 Å². The molecule has 0 bridgehead atoms. The molecule has 0 aromatic heterocycles. The first-order valence-electron chi connectivity index (χ1n) is 11.9. The number of fused-ring (bicyclic) bond motifs is 2. The van der Waals surface area contributed by atoms with E-state index in [1.807, 2.05) is 48.5 Å². The quantitative estimate of drug-likeness (QED) is 0.350. The molecular weight excluding hydrogens is 508 g/mol. The Balaban J connectivity index is 1.17. The van der Waals surface area contributed by atoms with Crippen LogP contribution in [0.4, 0.5) is 11.4 Å². The van der Waals surface area contributed by atoms with Gasteiger partial charge in [0, 0.05) is 13.1 Å². The van der Waals surface area contributed by atoms with Crippen LogP contribution in [0.2, 0.25) is 0 Å². The third-order valence-corrected chi connectivity index (χ3v) is 10.4. The van der Waals surface area contributed by atoms with E-state index < -0.39 is 20.0 Å². The number of hydrogen-bond donors (Lipinski definition) is 0. The van der Waals surface area contributed by atoms with Crippen molar-refractivity contribution in [3.05, 3.63) is 108 Å². The fraction of sp³-hybridized carbons (Fsp3) is 0.143. The molecule has 2 heterocycles. The second-order valence-corrected chi connectivity index (χ2v) is 12.7. The highest BCUT2D eigenvalue weighted by Gasteiger charge is 2.31. The van der Waals surface area contributed by atoms with Crippen molar-refractivity contribution in [3.63, 3.8) is 0 Å². The lowest BCUT2D eigenvalue weighted by Gasteiger charge is -2.20. The molecule has 0 amide bonds. The molecule has 9 heteroatoms. The smallest absolute Gasteiger partial charge is 0.264 e. The van der Waals surface area contributed by atoms with Crippen LogP contribution in [0.3, 0.4) is 0 Å². The lowest BCUT2D eigenvalue weighted by Crippen LogP contribution is -2.29. The normalized spacial score (nSPS) is 14.9. The lowest BCUT2D eigenvalue weighted by molar-refractivity contribution is 0.481. The highest BCUT2D eigenvalue weighted by Crippen LogP contribution is 2.35. The van der Waals surface area contributed by atoms with Crippen molar-refractivity contribution in [1.29, 1.82) is 0 Å². The summed E-state index contributed by atoms with van der Waals surface area (Å²) in [6.45, 7) is 0.830. The minimum absolute atomic E-state index is 0.184. The van der Waals surface area contributed by atoms with Gasteiger partial charge in [-0.2, -0.15) is 0 Å². The standard InChI is InChI=1S/C28H24N2O5S2/c31-36(32,29-19-17-21-5-1-3-7-27(21)29)25-13-9-23(10-14-25)35-24-11-15-26(16-12-24)37(33,34)30-20-18-22-6-2-4-8-28(22)30/h1-16H,17-20H2. The summed E-state index contributed by atoms with van der Waals surface area (Å²) < 4.78 is 61.6. The fourth-order valence-corrected chi connectivity index (χ4v) is 7.87. The van der Waals surface area contributed by atoms with Crippen LogP contribution in [0.25, 0.3) is 0 Å². The van der Waals surface area contributed by atoms with Gasteiger partial charge in [0.15, 0.2) is 0 Å². The second kappa shape index (κ2) is 8.93. The van der Waals surface area contributed by atoms with E-state index in [4.69, 9.17) is 4.74 Å². The molecule has 6 rings (SSSR count). The van der Waals surface area contributed by atoms with E-state index in [0.29, 0.717) is 37.4 Å². The SMILES string of the molecule is O=S(=O)(c1ccc(Oc2ccc(S(=O)(=O)N3CCc4ccccc43)cc2)cc1)N1CCc2ccccc21.